The fourth-order valence-electron chi connectivity index (χ4n) is 3.09. The maximum Gasteiger partial charge on any atom is 0.242 e. The third kappa shape index (κ3) is 3.50. The lowest BCUT2D eigenvalue weighted by Gasteiger charge is -2.27. The summed E-state index contributed by atoms with van der Waals surface area (Å²) in [4.78, 5) is 16.6. The fraction of sp³-hybridized carbons (Fsp3) is 0.316. The minimum atomic E-state index is 0.128. The van der Waals surface area contributed by atoms with Gasteiger partial charge in [0.05, 0.1) is 6.54 Å². The van der Waals surface area contributed by atoms with E-state index in [0.717, 1.165) is 12.0 Å². The molecule has 2 aromatic carbocycles. The van der Waals surface area contributed by atoms with E-state index in [1.165, 1.54) is 11.3 Å². The van der Waals surface area contributed by atoms with E-state index in [1.807, 2.05) is 37.4 Å². The zero-order chi connectivity index (χ0) is 16.4. The molecule has 0 bridgehead atoms. The van der Waals surface area contributed by atoms with E-state index in [4.69, 9.17) is 11.6 Å². The van der Waals surface area contributed by atoms with Crippen molar-refractivity contribution >= 4 is 23.2 Å². The van der Waals surface area contributed by atoms with Gasteiger partial charge in [-0.15, -0.1) is 0 Å². The molecule has 1 aliphatic heterocycles. The topological polar surface area (TPSA) is 23.6 Å². The zero-order valence-corrected chi connectivity index (χ0v) is 14.3. The summed E-state index contributed by atoms with van der Waals surface area (Å²) in [6, 6.07) is 16.3. The minimum Gasteiger partial charge on any atom is -0.359 e. The predicted octanol–water partition coefficient (Wildman–Crippen LogP) is 3.75. The highest BCUT2D eigenvalue weighted by molar-refractivity contribution is 6.30. The van der Waals surface area contributed by atoms with Gasteiger partial charge in [-0.2, -0.15) is 0 Å². The molecule has 0 spiro atoms. The van der Waals surface area contributed by atoms with Gasteiger partial charge in [-0.25, -0.2) is 0 Å². The molecule has 2 aromatic rings. The van der Waals surface area contributed by atoms with Crippen molar-refractivity contribution in [3.05, 3.63) is 64.7 Å². The Morgan fingerprint density at radius 1 is 1.22 bits per heavy atom. The number of benzene rings is 2. The molecule has 0 fully saturated rings. The second-order valence-electron chi connectivity index (χ2n) is 6.19. The first kappa shape index (κ1) is 15.9. The largest absolute Gasteiger partial charge is 0.359 e. The highest BCUT2D eigenvalue weighted by Crippen LogP contribution is 2.31. The molecular weight excluding hydrogens is 308 g/mol. The lowest BCUT2D eigenvalue weighted by molar-refractivity contribution is -0.129. The van der Waals surface area contributed by atoms with E-state index in [-0.39, 0.29) is 5.91 Å². The average molecular weight is 329 g/mol. The van der Waals surface area contributed by atoms with Crippen LogP contribution in [-0.2, 0) is 17.8 Å². The molecule has 0 aliphatic carbocycles. The molecular formula is C19H21ClN2O. The number of fused-ring (bicyclic) bond motifs is 1. The number of likely N-dealkylation sites (N-methyl/N-ethyl adjacent to an activating group) is 1. The highest BCUT2D eigenvalue weighted by Gasteiger charge is 2.27. The summed E-state index contributed by atoms with van der Waals surface area (Å²) in [6.45, 7) is 3.19. The van der Waals surface area contributed by atoms with E-state index < -0.39 is 0 Å². The van der Waals surface area contributed by atoms with Gasteiger partial charge in [0.25, 0.3) is 0 Å². The first-order valence-electron chi connectivity index (χ1n) is 7.87. The highest BCUT2D eigenvalue weighted by atomic mass is 35.5. The number of anilines is 1. The van der Waals surface area contributed by atoms with Crippen LogP contribution in [0.4, 0.5) is 5.69 Å². The Balaban J connectivity index is 1.66. The molecule has 0 saturated heterocycles. The van der Waals surface area contributed by atoms with Crippen LogP contribution in [0.25, 0.3) is 0 Å². The lowest BCUT2D eigenvalue weighted by atomic mass is 10.1. The number of carbonyl (C=O) groups is 1. The van der Waals surface area contributed by atoms with Gasteiger partial charge in [0.15, 0.2) is 0 Å². The van der Waals surface area contributed by atoms with Crippen LogP contribution in [0.3, 0.4) is 0 Å². The lowest BCUT2D eigenvalue weighted by Crippen LogP contribution is -2.40. The van der Waals surface area contributed by atoms with Gasteiger partial charge >= 0.3 is 0 Å². The summed E-state index contributed by atoms with van der Waals surface area (Å²) >= 11 is 5.90. The summed E-state index contributed by atoms with van der Waals surface area (Å²) in [5, 5.41) is 0.713. The SMILES string of the molecule is C[C@@H]1Cc2ccccc2N1CC(=O)N(C)Cc1ccc(Cl)cc1. The number of hydrogen-bond donors (Lipinski definition) is 0. The Morgan fingerprint density at radius 2 is 1.91 bits per heavy atom. The number of halogens is 1. The molecule has 1 amide bonds. The van der Waals surface area contributed by atoms with Crippen molar-refractivity contribution in [1.82, 2.24) is 4.90 Å². The number of hydrogen-bond acceptors (Lipinski definition) is 2. The maximum absolute atomic E-state index is 12.6. The molecule has 4 heteroatoms. The molecule has 1 atom stereocenters. The summed E-state index contributed by atoms with van der Waals surface area (Å²) in [5.41, 5.74) is 3.60. The van der Waals surface area contributed by atoms with Gasteiger partial charge in [0, 0.05) is 30.3 Å². The Labute approximate surface area is 142 Å². The van der Waals surface area contributed by atoms with Gasteiger partial charge < -0.3 is 9.80 Å². The molecule has 1 aliphatic rings. The molecule has 1 heterocycles. The van der Waals surface area contributed by atoms with Crippen LogP contribution in [0.5, 0.6) is 0 Å². The molecule has 120 valence electrons. The van der Waals surface area contributed by atoms with Crippen molar-refractivity contribution in [1.29, 1.82) is 0 Å². The predicted molar refractivity (Wildman–Crippen MR) is 94.9 cm³/mol. The third-order valence-corrected chi connectivity index (χ3v) is 4.66. The van der Waals surface area contributed by atoms with Gasteiger partial charge in [-0.1, -0.05) is 41.9 Å². The minimum absolute atomic E-state index is 0.128. The third-order valence-electron chi connectivity index (χ3n) is 4.41. The van der Waals surface area contributed by atoms with Crippen LogP contribution in [0.15, 0.2) is 48.5 Å². The van der Waals surface area contributed by atoms with Crippen molar-refractivity contribution in [2.75, 3.05) is 18.5 Å². The summed E-state index contributed by atoms with van der Waals surface area (Å²) in [6.07, 6.45) is 1.00. The number of amides is 1. The van der Waals surface area contributed by atoms with Crippen LogP contribution in [0.2, 0.25) is 5.02 Å². The average Bonchev–Trinajstić information content (AvgIpc) is 2.85. The number of para-hydroxylation sites is 1. The van der Waals surface area contributed by atoms with Crippen LogP contribution in [0.1, 0.15) is 18.1 Å². The molecule has 0 radical (unpaired) electrons. The van der Waals surface area contributed by atoms with Crippen molar-refractivity contribution in [3.8, 4) is 0 Å². The molecule has 3 nitrogen and oxygen atoms in total. The second-order valence-corrected chi connectivity index (χ2v) is 6.62. The summed E-state index contributed by atoms with van der Waals surface area (Å²) in [5.74, 6) is 0.128. The standard InChI is InChI=1S/C19H21ClN2O/c1-14-11-16-5-3-4-6-18(16)22(14)13-19(23)21(2)12-15-7-9-17(20)10-8-15/h3-10,14H,11-13H2,1-2H3/t14-/m1/s1. The smallest absolute Gasteiger partial charge is 0.242 e. The molecule has 0 aromatic heterocycles. The van der Waals surface area contributed by atoms with E-state index in [1.54, 1.807) is 4.90 Å². The van der Waals surface area contributed by atoms with Crippen molar-refractivity contribution in [3.63, 3.8) is 0 Å². The Morgan fingerprint density at radius 3 is 2.65 bits per heavy atom. The number of nitrogens with zero attached hydrogens (tertiary/aromatic N) is 2. The van der Waals surface area contributed by atoms with Gasteiger partial charge in [-0.05, 0) is 42.7 Å². The quantitative estimate of drug-likeness (QED) is 0.853. The van der Waals surface area contributed by atoms with E-state index in [2.05, 4.69) is 30.0 Å². The van der Waals surface area contributed by atoms with Crippen LogP contribution in [0, 0.1) is 0 Å². The number of carbonyl (C=O) groups excluding carboxylic acids is 1. The van der Waals surface area contributed by atoms with Gasteiger partial charge in [0.1, 0.15) is 0 Å². The van der Waals surface area contributed by atoms with Crippen molar-refractivity contribution < 1.29 is 4.79 Å². The molecule has 3 rings (SSSR count). The zero-order valence-electron chi connectivity index (χ0n) is 13.5. The summed E-state index contributed by atoms with van der Waals surface area (Å²) in [7, 11) is 1.85. The maximum atomic E-state index is 12.6. The molecule has 23 heavy (non-hydrogen) atoms. The first-order chi connectivity index (χ1) is 11.0. The summed E-state index contributed by atoms with van der Waals surface area (Å²) < 4.78 is 0. The van der Waals surface area contributed by atoms with E-state index in [9.17, 15) is 4.79 Å². The van der Waals surface area contributed by atoms with Gasteiger partial charge in [0.2, 0.25) is 5.91 Å². The van der Waals surface area contributed by atoms with Crippen molar-refractivity contribution in [2.45, 2.75) is 25.9 Å². The molecule has 0 saturated carbocycles. The Kier molecular flexibility index (Phi) is 4.58. The Hall–Kier alpha value is -2.00. The normalized spacial score (nSPS) is 16.3. The van der Waals surface area contributed by atoms with E-state index >= 15 is 0 Å². The van der Waals surface area contributed by atoms with Crippen LogP contribution in [-0.4, -0.2) is 30.4 Å². The fourth-order valence-corrected chi connectivity index (χ4v) is 3.21. The molecule has 0 unspecified atom stereocenters. The van der Waals surface area contributed by atoms with E-state index in [0.29, 0.717) is 24.2 Å². The van der Waals surface area contributed by atoms with Crippen molar-refractivity contribution in [2.24, 2.45) is 0 Å². The molecule has 0 N–H and O–H groups in total. The Bertz CT molecular complexity index is 699. The van der Waals surface area contributed by atoms with Gasteiger partial charge in [-0.3, -0.25) is 4.79 Å². The first-order valence-corrected chi connectivity index (χ1v) is 8.25. The van der Waals surface area contributed by atoms with Crippen LogP contribution < -0.4 is 4.90 Å². The number of rotatable bonds is 4. The van der Waals surface area contributed by atoms with Crippen LogP contribution >= 0.6 is 11.6 Å². The monoisotopic (exact) mass is 328 g/mol. The second kappa shape index (κ2) is 6.63.